The molecule has 0 aliphatic carbocycles. The molecule has 8 heteroatoms. The lowest BCUT2D eigenvalue weighted by Gasteiger charge is -2.12. The summed E-state index contributed by atoms with van der Waals surface area (Å²) in [7, 11) is 2.89. The van der Waals surface area contributed by atoms with Crippen molar-refractivity contribution in [2.75, 3.05) is 14.2 Å². The van der Waals surface area contributed by atoms with Crippen molar-refractivity contribution in [2.24, 2.45) is 0 Å². The predicted octanol–water partition coefficient (Wildman–Crippen LogP) is 3.26. The summed E-state index contributed by atoms with van der Waals surface area (Å²) in [6.45, 7) is 0. The summed E-state index contributed by atoms with van der Waals surface area (Å²) in [6.07, 6.45) is -4.73. The molecule has 114 valence electrons. The minimum absolute atomic E-state index is 0.0950. The van der Waals surface area contributed by atoms with Crippen LogP contribution >= 0.6 is 11.3 Å². The molecule has 0 aliphatic rings. The molecule has 0 bridgehead atoms. The van der Waals surface area contributed by atoms with Gasteiger partial charge < -0.3 is 14.6 Å². The zero-order valence-electron chi connectivity index (χ0n) is 11.1. The first-order chi connectivity index (χ1) is 9.85. The zero-order chi connectivity index (χ0) is 15.6. The fourth-order valence-electron chi connectivity index (χ4n) is 1.70. The molecule has 21 heavy (non-hydrogen) atoms. The summed E-state index contributed by atoms with van der Waals surface area (Å²) in [5.74, 6) is 0.868. The van der Waals surface area contributed by atoms with E-state index in [-0.39, 0.29) is 4.88 Å². The third-order valence-electron chi connectivity index (χ3n) is 2.73. The maximum atomic E-state index is 12.5. The Kier molecular flexibility index (Phi) is 4.38. The molecule has 1 atom stereocenters. The molecule has 0 radical (unpaired) electrons. The highest BCUT2D eigenvalue weighted by atomic mass is 32.1. The van der Waals surface area contributed by atoms with Gasteiger partial charge in [0.05, 0.1) is 19.1 Å². The first-order valence-electron chi connectivity index (χ1n) is 5.79. The van der Waals surface area contributed by atoms with Gasteiger partial charge in [-0.05, 0) is 17.7 Å². The third-order valence-corrected chi connectivity index (χ3v) is 3.82. The number of thiazole rings is 1. The lowest BCUT2D eigenvalue weighted by atomic mass is 10.1. The van der Waals surface area contributed by atoms with Crippen LogP contribution in [0.4, 0.5) is 13.2 Å². The van der Waals surface area contributed by atoms with E-state index in [0.717, 1.165) is 6.20 Å². The van der Waals surface area contributed by atoms with E-state index in [2.05, 4.69) is 4.98 Å². The van der Waals surface area contributed by atoms with E-state index < -0.39 is 17.3 Å². The van der Waals surface area contributed by atoms with Crippen LogP contribution in [0.5, 0.6) is 11.5 Å². The number of aliphatic hydroxyl groups excluding tert-OH is 1. The number of hydrogen-bond donors (Lipinski definition) is 1. The topological polar surface area (TPSA) is 51.6 Å². The Hall–Kier alpha value is -1.80. The summed E-state index contributed by atoms with van der Waals surface area (Å²) >= 11 is 0.402. The van der Waals surface area contributed by atoms with E-state index in [1.807, 2.05) is 0 Å². The molecule has 0 amide bonds. The number of aliphatic hydroxyl groups is 1. The summed E-state index contributed by atoms with van der Waals surface area (Å²) in [5, 5.41) is 9.21. The van der Waals surface area contributed by atoms with Gasteiger partial charge in [-0.25, -0.2) is 4.98 Å². The van der Waals surface area contributed by atoms with Gasteiger partial charge in [0, 0.05) is 12.3 Å². The number of benzene rings is 1. The fraction of sp³-hybridized carbons (Fsp3) is 0.308. The smallest absolute Gasteiger partial charge is 0.443 e. The molecule has 2 rings (SSSR count). The molecular formula is C13H12F3NO3S. The number of rotatable bonds is 4. The van der Waals surface area contributed by atoms with E-state index in [1.165, 1.54) is 26.4 Å². The number of halogens is 3. The molecule has 0 aliphatic heterocycles. The number of hydrogen-bond acceptors (Lipinski definition) is 5. The van der Waals surface area contributed by atoms with Crippen LogP contribution in [0.1, 0.15) is 21.6 Å². The minimum atomic E-state index is -4.52. The Labute approximate surface area is 122 Å². The Morgan fingerprint density at radius 2 is 1.71 bits per heavy atom. The molecule has 0 fully saturated rings. The second-order valence-corrected chi connectivity index (χ2v) is 5.18. The summed E-state index contributed by atoms with van der Waals surface area (Å²) < 4.78 is 47.7. The largest absolute Gasteiger partial charge is 0.497 e. The van der Waals surface area contributed by atoms with Crippen molar-refractivity contribution in [3.63, 3.8) is 0 Å². The van der Waals surface area contributed by atoms with Crippen molar-refractivity contribution in [3.8, 4) is 11.5 Å². The number of ether oxygens (including phenoxy) is 2. The average Bonchev–Trinajstić information content (AvgIpc) is 2.95. The Balaban J connectivity index is 2.35. The molecule has 0 saturated heterocycles. The summed E-state index contributed by atoms with van der Waals surface area (Å²) in [4.78, 5) is 3.39. The van der Waals surface area contributed by atoms with Crippen molar-refractivity contribution in [1.29, 1.82) is 0 Å². The van der Waals surface area contributed by atoms with Crippen LogP contribution in [0.15, 0.2) is 24.4 Å². The lowest BCUT2D eigenvalue weighted by molar-refractivity contribution is -0.137. The minimum Gasteiger partial charge on any atom is -0.497 e. The van der Waals surface area contributed by atoms with Gasteiger partial charge in [-0.1, -0.05) is 0 Å². The number of methoxy groups -OCH3 is 2. The van der Waals surface area contributed by atoms with Crippen molar-refractivity contribution >= 4 is 11.3 Å². The molecule has 4 nitrogen and oxygen atoms in total. The summed E-state index contributed by atoms with van der Waals surface area (Å²) in [5.41, 5.74) is 0.364. The van der Waals surface area contributed by atoms with E-state index >= 15 is 0 Å². The molecule has 1 aromatic heterocycles. The molecule has 1 N–H and O–H groups in total. The molecule has 0 spiro atoms. The number of nitrogens with zero attached hydrogens (tertiary/aromatic N) is 1. The Morgan fingerprint density at radius 3 is 2.14 bits per heavy atom. The van der Waals surface area contributed by atoms with E-state index in [4.69, 9.17) is 9.47 Å². The first kappa shape index (κ1) is 15.6. The van der Waals surface area contributed by atoms with Crippen molar-refractivity contribution in [1.82, 2.24) is 4.98 Å². The second kappa shape index (κ2) is 5.90. The average molecular weight is 319 g/mol. The molecule has 1 unspecified atom stereocenters. The van der Waals surface area contributed by atoms with E-state index in [9.17, 15) is 18.3 Å². The van der Waals surface area contributed by atoms with Crippen molar-refractivity contribution in [3.05, 3.63) is 39.8 Å². The van der Waals surface area contributed by atoms with Crippen LogP contribution in [0.25, 0.3) is 0 Å². The maximum absolute atomic E-state index is 12.5. The highest BCUT2D eigenvalue weighted by molar-refractivity contribution is 7.11. The van der Waals surface area contributed by atoms with E-state index in [0.29, 0.717) is 28.4 Å². The summed E-state index contributed by atoms with van der Waals surface area (Å²) in [6, 6.07) is 4.66. The normalized spacial score (nSPS) is 13.0. The number of alkyl halides is 3. The van der Waals surface area contributed by atoms with Gasteiger partial charge in [0.2, 0.25) is 0 Å². The Morgan fingerprint density at radius 1 is 1.14 bits per heavy atom. The van der Waals surface area contributed by atoms with Gasteiger partial charge in [0.25, 0.3) is 0 Å². The monoisotopic (exact) mass is 319 g/mol. The SMILES string of the molecule is COc1cc(OC)cc(C(O)c2cnc(C(F)(F)F)s2)c1. The van der Waals surface area contributed by atoms with Gasteiger partial charge in [0.15, 0.2) is 5.01 Å². The van der Waals surface area contributed by atoms with Crippen LogP contribution < -0.4 is 9.47 Å². The van der Waals surface area contributed by atoms with Crippen molar-refractivity contribution < 1.29 is 27.8 Å². The molecule has 0 saturated carbocycles. The van der Waals surface area contributed by atoms with Crippen LogP contribution in [-0.2, 0) is 6.18 Å². The van der Waals surface area contributed by atoms with Crippen LogP contribution in [0, 0.1) is 0 Å². The van der Waals surface area contributed by atoms with E-state index in [1.54, 1.807) is 6.07 Å². The van der Waals surface area contributed by atoms with Crippen LogP contribution in [0.3, 0.4) is 0 Å². The maximum Gasteiger partial charge on any atom is 0.443 e. The lowest BCUT2D eigenvalue weighted by Crippen LogP contribution is -2.03. The van der Waals surface area contributed by atoms with Crippen LogP contribution in [0.2, 0.25) is 0 Å². The van der Waals surface area contributed by atoms with Gasteiger partial charge in [-0.3, -0.25) is 0 Å². The third kappa shape index (κ3) is 3.45. The quantitative estimate of drug-likeness (QED) is 0.940. The van der Waals surface area contributed by atoms with Gasteiger partial charge in [-0.15, -0.1) is 11.3 Å². The highest BCUT2D eigenvalue weighted by Gasteiger charge is 2.35. The first-order valence-corrected chi connectivity index (χ1v) is 6.60. The van der Waals surface area contributed by atoms with Gasteiger partial charge in [0.1, 0.15) is 17.6 Å². The zero-order valence-corrected chi connectivity index (χ0v) is 12.0. The molecular weight excluding hydrogens is 307 g/mol. The second-order valence-electron chi connectivity index (χ2n) is 4.11. The standard InChI is InChI=1S/C13H12F3NO3S/c1-19-8-3-7(4-9(5-8)20-2)11(18)10-6-17-12(21-10)13(14,15)16/h3-6,11,18H,1-2H3. The number of aromatic nitrogens is 1. The highest BCUT2D eigenvalue weighted by Crippen LogP contribution is 2.37. The van der Waals surface area contributed by atoms with Crippen molar-refractivity contribution in [2.45, 2.75) is 12.3 Å². The van der Waals surface area contributed by atoms with Crippen LogP contribution in [-0.4, -0.2) is 24.3 Å². The van der Waals surface area contributed by atoms with Gasteiger partial charge >= 0.3 is 6.18 Å². The fourth-order valence-corrected chi connectivity index (χ4v) is 2.49. The molecule has 1 heterocycles. The molecule has 2 aromatic rings. The Bertz CT molecular complexity index is 605. The van der Waals surface area contributed by atoms with Gasteiger partial charge in [-0.2, -0.15) is 13.2 Å². The molecule has 1 aromatic carbocycles. The predicted molar refractivity (Wildman–Crippen MR) is 70.7 cm³/mol.